The molecule has 11 heteroatoms. The molecule has 0 aromatic carbocycles. The summed E-state index contributed by atoms with van der Waals surface area (Å²) in [4.78, 5) is 79.0. The van der Waals surface area contributed by atoms with Crippen LogP contribution in [0.2, 0.25) is 0 Å². The molecular weight excluding hydrogens is 392 g/mol. The molecule has 2 saturated heterocycles. The van der Waals surface area contributed by atoms with Gasteiger partial charge in [-0.25, -0.2) is 19.6 Å². The molecule has 2 heterocycles. The van der Waals surface area contributed by atoms with E-state index in [4.69, 9.17) is 9.68 Å². The summed E-state index contributed by atoms with van der Waals surface area (Å²) < 4.78 is 0. The van der Waals surface area contributed by atoms with Crippen molar-refractivity contribution < 1.29 is 38.4 Å². The summed E-state index contributed by atoms with van der Waals surface area (Å²) in [6.45, 7) is 0. The van der Waals surface area contributed by atoms with Crippen LogP contribution in [0.1, 0.15) is 44.9 Å². The molecule has 2 aliphatic heterocycles. The van der Waals surface area contributed by atoms with Gasteiger partial charge in [-0.1, -0.05) is 0 Å². The SMILES string of the molecule is CS(C)(CCCC(=O)ON1C(=O)CCC1=O)CCC(=O)ON1C(=O)CCC1=O. The second kappa shape index (κ2) is 9.18. The summed E-state index contributed by atoms with van der Waals surface area (Å²) in [5.74, 6) is -2.18. The van der Waals surface area contributed by atoms with Crippen LogP contribution in [0.3, 0.4) is 0 Å². The highest BCUT2D eigenvalue weighted by Gasteiger charge is 2.34. The number of rotatable bonds is 9. The summed E-state index contributed by atoms with van der Waals surface area (Å²) >= 11 is 0. The van der Waals surface area contributed by atoms with E-state index in [-0.39, 0.29) is 38.5 Å². The third kappa shape index (κ3) is 6.04. The van der Waals surface area contributed by atoms with Gasteiger partial charge in [-0.15, -0.1) is 10.1 Å². The van der Waals surface area contributed by atoms with Crippen LogP contribution in [0.15, 0.2) is 0 Å². The maximum atomic E-state index is 11.9. The van der Waals surface area contributed by atoms with Crippen molar-refractivity contribution in [3.8, 4) is 0 Å². The Balaban J connectivity index is 1.67. The lowest BCUT2D eigenvalue weighted by atomic mass is 10.3. The number of carbonyl (C=O) groups is 6. The van der Waals surface area contributed by atoms with Gasteiger partial charge in [0.05, 0.1) is 6.42 Å². The number of hydrogen-bond donors (Lipinski definition) is 0. The molecule has 0 spiro atoms. The summed E-state index contributed by atoms with van der Waals surface area (Å²) in [7, 11) is -1.23. The summed E-state index contributed by atoms with van der Waals surface area (Å²) in [5.41, 5.74) is 0. The van der Waals surface area contributed by atoms with Crippen LogP contribution >= 0.6 is 10.0 Å². The Morgan fingerprint density at radius 2 is 1.14 bits per heavy atom. The number of hydrogen-bond acceptors (Lipinski definition) is 8. The molecule has 2 fully saturated rings. The van der Waals surface area contributed by atoms with Gasteiger partial charge in [0.2, 0.25) is 0 Å². The molecule has 0 aliphatic carbocycles. The molecule has 4 amide bonds. The molecule has 0 radical (unpaired) electrons. The van der Waals surface area contributed by atoms with Gasteiger partial charge in [-0.2, -0.15) is 0 Å². The molecule has 0 aromatic heterocycles. The summed E-state index contributed by atoms with van der Waals surface area (Å²) in [6, 6.07) is 0. The van der Waals surface area contributed by atoms with Gasteiger partial charge in [0.15, 0.2) is 0 Å². The molecule has 2 rings (SSSR count). The zero-order chi connectivity index (χ0) is 20.9. The standard InChI is InChI=1S/C17H24N2O8S/c1-28(2,11-9-17(25)27-19-14(22)7-8-15(19)23)10-3-4-16(24)26-18-12(20)5-6-13(18)21/h3-11H2,1-2H3. The quantitative estimate of drug-likeness (QED) is 0.495. The second-order valence-corrected chi connectivity index (χ2v) is 11.5. The minimum Gasteiger partial charge on any atom is -0.330 e. The lowest BCUT2D eigenvalue weighted by Gasteiger charge is -2.30. The van der Waals surface area contributed by atoms with E-state index in [2.05, 4.69) is 0 Å². The van der Waals surface area contributed by atoms with Crippen LogP contribution in [-0.2, 0) is 38.4 Å². The maximum Gasteiger partial charge on any atom is 0.333 e. The Hall–Kier alpha value is -2.43. The molecule has 0 N–H and O–H groups in total. The van der Waals surface area contributed by atoms with Crippen molar-refractivity contribution in [1.82, 2.24) is 10.1 Å². The molecule has 0 unspecified atom stereocenters. The minimum absolute atomic E-state index is 0.0492. The number of nitrogens with zero attached hydrogens (tertiary/aromatic N) is 2. The minimum atomic E-state index is -1.23. The van der Waals surface area contributed by atoms with Crippen molar-refractivity contribution in [2.45, 2.75) is 44.9 Å². The fourth-order valence-corrected chi connectivity index (χ4v) is 4.53. The Kier molecular flexibility index (Phi) is 7.17. The predicted molar refractivity (Wildman–Crippen MR) is 97.4 cm³/mol. The first-order valence-electron chi connectivity index (χ1n) is 8.91. The van der Waals surface area contributed by atoms with Gasteiger partial charge < -0.3 is 9.68 Å². The number of amides is 4. The average Bonchev–Trinajstić information content (AvgIpc) is 3.10. The van der Waals surface area contributed by atoms with Crippen LogP contribution in [0, 0.1) is 0 Å². The molecule has 0 bridgehead atoms. The van der Waals surface area contributed by atoms with E-state index in [1.807, 2.05) is 12.5 Å². The molecule has 2 aliphatic rings. The predicted octanol–water partition coefficient (Wildman–Crippen LogP) is 0.435. The zero-order valence-corrected chi connectivity index (χ0v) is 16.7. The van der Waals surface area contributed by atoms with E-state index >= 15 is 0 Å². The zero-order valence-electron chi connectivity index (χ0n) is 15.9. The maximum absolute atomic E-state index is 11.9. The lowest BCUT2D eigenvalue weighted by molar-refractivity contribution is -0.197. The fourth-order valence-electron chi connectivity index (χ4n) is 2.68. The van der Waals surface area contributed by atoms with Crippen molar-refractivity contribution in [1.29, 1.82) is 0 Å². The highest BCUT2D eigenvalue weighted by atomic mass is 32.3. The number of hydroxylamine groups is 4. The Morgan fingerprint density at radius 1 is 0.750 bits per heavy atom. The van der Waals surface area contributed by atoms with Crippen LogP contribution in [0.4, 0.5) is 0 Å². The first-order chi connectivity index (χ1) is 13.1. The Morgan fingerprint density at radius 3 is 1.57 bits per heavy atom. The van der Waals surface area contributed by atoms with E-state index in [1.165, 1.54) is 0 Å². The molecule has 0 saturated carbocycles. The first kappa shape index (κ1) is 21.9. The van der Waals surface area contributed by atoms with Gasteiger partial charge in [0, 0.05) is 32.1 Å². The van der Waals surface area contributed by atoms with Crippen molar-refractivity contribution in [3.63, 3.8) is 0 Å². The summed E-state index contributed by atoms with van der Waals surface area (Å²) in [6.07, 6.45) is 4.77. The molecule has 10 nitrogen and oxygen atoms in total. The number of imide groups is 2. The van der Waals surface area contributed by atoms with E-state index < -0.39 is 45.6 Å². The van der Waals surface area contributed by atoms with Crippen LogP contribution in [-0.4, -0.2) is 69.7 Å². The van der Waals surface area contributed by atoms with Gasteiger partial charge in [0.1, 0.15) is 0 Å². The highest BCUT2D eigenvalue weighted by Crippen LogP contribution is 2.41. The van der Waals surface area contributed by atoms with E-state index in [0.717, 1.165) is 0 Å². The topological polar surface area (TPSA) is 127 Å². The molecular formula is C17H24N2O8S. The van der Waals surface area contributed by atoms with E-state index in [1.54, 1.807) is 0 Å². The normalized spacial score (nSPS) is 18.1. The van der Waals surface area contributed by atoms with Crippen molar-refractivity contribution >= 4 is 45.6 Å². The number of carbonyl (C=O) groups excluding carboxylic acids is 6. The van der Waals surface area contributed by atoms with Crippen molar-refractivity contribution in [2.75, 3.05) is 24.0 Å². The van der Waals surface area contributed by atoms with E-state index in [0.29, 0.717) is 28.1 Å². The second-order valence-electron chi connectivity index (χ2n) is 7.12. The molecule has 156 valence electrons. The third-order valence-electron chi connectivity index (χ3n) is 4.33. The fraction of sp³-hybridized carbons (Fsp3) is 0.647. The van der Waals surface area contributed by atoms with Gasteiger partial charge in [0.25, 0.3) is 23.6 Å². The lowest BCUT2D eigenvalue weighted by Crippen LogP contribution is -2.32. The van der Waals surface area contributed by atoms with Crippen LogP contribution < -0.4 is 0 Å². The third-order valence-corrected chi connectivity index (χ3v) is 7.04. The molecule has 0 aromatic rings. The molecule has 28 heavy (non-hydrogen) atoms. The Labute approximate surface area is 163 Å². The van der Waals surface area contributed by atoms with Gasteiger partial charge in [-0.3, -0.25) is 19.2 Å². The average molecular weight is 416 g/mol. The van der Waals surface area contributed by atoms with Crippen LogP contribution in [0.5, 0.6) is 0 Å². The highest BCUT2D eigenvalue weighted by molar-refractivity contribution is 8.32. The monoisotopic (exact) mass is 416 g/mol. The van der Waals surface area contributed by atoms with Crippen molar-refractivity contribution in [2.24, 2.45) is 0 Å². The summed E-state index contributed by atoms with van der Waals surface area (Å²) in [5, 5.41) is 1.05. The van der Waals surface area contributed by atoms with Gasteiger partial charge >= 0.3 is 11.9 Å². The van der Waals surface area contributed by atoms with Crippen LogP contribution in [0.25, 0.3) is 0 Å². The first-order valence-corrected chi connectivity index (χ1v) is 11.7. The smallest absolute Gasteiger partial charge is 0.330 e. The Bertz CT molecular complexity index is 673. The van der Waals surface area contributed by atoms with E-state index in [9.17, 15) is 28.8 Å². The van der Waals surface area contributed by atoms with Crippen molar-refractivity contribution in [3.05, 3.63) is 0 Å². The van der Waals surface area contributed by atoms with Gasteiger partial charge in [-0.05, 0) is 30.4 Å². The largest absolute Gasteiger partial charge is 0.333 e. The molecule has 0 atom stereocenters.